The first-order valence-electron chi connectivity index (χ1n) is 6.12. The largest absolute Gasteiger partial charge is 0.468 e. The molecule has 21 heavy (non-hydrogen) atoms. The van der Waals surface area contributed by atoms with Crippen molar-refractivity contribution < 1.29 is 23.9 Å². The van der Waals surface area contributed by atoms with E-state index in [-0.39, 0.29) is 25.4 Å². The maximum absolute atomic E-state index is 12.2. The van der Waals surface area contributed by atoms with Crippen LogP contribution in [-0.4, -0.2) is 50.1 Å². The first-order chi connectivity index (χ1) is 9.96. The molecule has 0 aliphatic carbocycles. The maximum Gasteiger partial charge on any atom is 0.325 e. The molecule has 0 unspecified atom stereocenters. The molecule has 1 amide bonds. The summed E-state index contributed by atoms with van der Waals surface area (Å²) >= 11 is 5.77. The van der Waals surface area contributed by atoms with Crippen molar-refractivity contribution in [3.05, 3.63) is 34.9 Å². The second kappa shape index (κ2) is 8.26. The smallest absolute Gasteiger partial charge is 0.325 e. The lowest BCUT2D eigenvalue weighted by atomic mass is 10.1. The summed E-state index contributed by atoms with van der Waals surface area (Å²) in [5.74, 6) is -1.60. The summed E-state index contributed by atoms with van der Waals surface area (Å²) in [5.41, 5.74) is 0.726. The van der Waals surface area contributed by atoms with E-state index in [9.17, 15) is 14.4 Å². The van der Waals surface area contributed by atoms with Crippen LogP contribution in [0.5, 0.6) is 0 Å². The van der Waals surface area contributed by atoms with E-state index in [2.05, 4.69) is 9.47 Å². The lowest BCUT2D eigenvalue weighted by molar-refractivity contribution is -0.151. The van der Waals surface area contributed by atoms with Crippen molar-refractivity contribution in [3.8, 4) is 0 Å². The van der Waals surface area contributed by atoms with Gasteiger partial charge in [-0.3, -0.25) is 14.4 Å². The topological polar surface area (TPSA) is 72.9 Å². The van der Waals surface area contributed by atoms with E-state index < -0.39 is 11.9 Å². The molecule has 0 saturated heterocycles. The van der Waals surface area contributed by atoms with Crippen LogP contribution in [0.2, 0.25) is 5.02 Å². The Morgan fingerprint density at radius 1 is 1.00 bits per heavy atom. The molecule has 0 aliphatic heterocycles. The second-order valence-electron chi connectivity index (χ2n) is 4.21. The minimum Gasteiger partial charge on any atom is -0.468 e. The zero-order valence-corrected chi connectivity index (χ0v) is 12.6. The van der Waals surface area contributed by atoms with Gasteiger partial charge in [0, 0.05) is 5.02 Å². The van der Waals surface area contributed by atoms with Crippen molar-refractivity contribution >= 4 is 29.4 Å². The third-order valence-electron chi connectivity index (χ3n) is 2.72. The number of carbonyl (C=O) groups excluding carboxylic acids is 3. The fourth-order valence-corrected chi connectivity index (χ4v) is 1.69. The molecule has 0 saturated carbocycles. The second-order valence-corrected chi connectivity index (χ2v) is 4.64. The van der Waals surface area contributed by atoms with Gasteiger partial charge in [-0.05, 0) is 17.7 Å². The molecule has 7 heteroatoms. The van der Waals surface area contributed by atoms with Crippen molar-refractivity contribution in [2.75, 3.05) is 27.3 Å². The zero-order valence-electron chi connectivity index (χ0n) is 11.8. The van der Waals surface area contributed by atoms with E-state index >= 15 is 0 Å². The number of halogens is 1. The average molecular weight is 314 g/mol. The fourth-order valence-electron chi connectivity index (χ4n) is 1.56. The number of amides is 1. The van der Waals surface area contributed by atoms with Crippen molar-refractivity contribution in [3.63, 3.8) is 0 Å². The normalized spacial score (nSPS) is 9.86. The van der Waals surface area contributed by atoms with Gasteiger partial charge in [-0.15, -0.1) is 0 Å². The van der Waals surface area contributed by atoms with Crippen LogP contribution >= 0.6 is 11.6 Å². The van der Waals surface area contributed by atoms with Crippen LogP contribution in [0.15, 0.2) is 24.3 Å². The summed E-state index contributed by atoms with van der Waals surface area (Å²) < 4.78 is 9.02. The van der Waals surface area contributed by atoms with E-state index in [1.807, 2.05) is 0 Å². The standard InChI is InChI=1S/C14H16ClNO5/c1-20-13(18)8-16(9-14(19)21-2)12(17)7-10-3-5-11(15)6-4-10/h3-6H,7-9H2,1-2H3. The fraction of sp³-hybridized carbons (Fsp3) is 0.357. The molecule has 1 rings (SSSR count). The summed E-state index contributed by atoms with van der Waals surface area (Å²) in [5, 5.41) is 0.562. The summed E-state index contributed by atoms with van der Waals surface area (Å²) in [6.07, 6.45) is 0.0468. The van der Waals surface area contributed by atoms with E-state index in [4.69, 9.17) is 11.6 Å². The van der Waals surface area contributed by atoms with Gasteiger partial charge < -0.3 is 14.4 Å². The molecule has 0 N–H and O–H groups in total. The van der Waals surface area contributed by atoms with Crippen molar-refractivity contribution in [2.45, 2.75) is 6.42 Å². The molecular weight excluding hydrogens is 298 g/mol. The highest BCUT2D eigenvalue weighted by Gasteiger charge is 2.21. The highest BCUT2D eigenvalue weighted by molar-refractivity contribution is 6.30. The van der Waals surface area contributed by atoms with Crippen LogP contribution in [0.3, 0.4) is 0 Å². The zero-order chi connectivity index (χ0) is 15.8. The SMILES string of the molecule is COC(=O)CN(CC(=O)OC)C(=O)Cc1ccc(Cl)cc1. The maximum atomic E-state index is 12.2. The highest BCUT2D eigenvalue weighted by Crippen LogP contribution is 2.11. The van der Waals surface area contributed by atoms with Gasteiger partial charge in [0.1, 0.15) is 13.1 Å². The monoisotopic (exact) mass is 313 g/mol. The van der Waals surface area contributed by atoms with Crippen LogP contribution < -0.4 is 0 Å². The Balaban J connectivity index is 2.75. The molecule has 6 nitrogen and oxygen atoms in total. The highest BCUT2D eigenvalue weighted by atomic mass is 35.5. The quantitative estimate of drug-likeness (QED) is 0.734. The van der Waals surface area contributed by atoms with Crippen LogP contribution in [0, 0.1) is 0 Å². The molecule has 0 spiro atoms. The first-order valence-corrected chi connectivity index (χ1v) is 6.50. The predicted octanol–water partition coefficient (Wildman–Crippen LogP) is 1.06. The Labute approximate surface area is 127 Å². The van der Waals surface area contributed by atoms with Crippen LogP contribution in [0.25, 0.3) is 0 Å². The number of benzene rings is 1. The molecular formula is C14H16ClNO5. The predicted molar refractivity (Wildman–Crippen MR) is 75.8 cm³/mol. The molecule has 0 bridgehead atoms. The lowest BCUT2D eigenvalue weighted by Gasteiger charge is -2.20. The van der Waals surface area contributed by atoms with Gasteiger partial charge in [-0.25, -0.2) is 0 Å². The van der Waals surface area contributed by atoms with Gasteiger partial charge in [-0.2, -0.15) is 0 Å². The van der Waals surface area contributed by atoms with E-state index in [1.54, 1.807) is 24.3 Å². The minimum atomic E-state index is -0.608. The molecule has 1 aromatic rings. The average Bonchev–Trinajstić information content (AvgIpc) is 2.48. The van der Waals surface area contributed by atoms with E-state index in [0.717, 1.165) is 10.5 Å². The van der Waals surface area contributed by atoms with Gasteiger partial charge in [0.05, 0.1) is 20.6 Å². The molecule has 0 fully saturated rings. The number of methoxy groups -OCH3 is 2. The van der Waals surface area contributed by atoms with Gasteiger partial charge in [0.25, 0.3) is 0 Å². The van der Waals surface area contributed by atoms with Gasteiger partial charge in [-0.1, -0.05) is 23.7 Å². The van der Waals surface area contributed by atoms with Gasteiger partial charge >= 0.3 is 11.9 Å². The van der Waals surface area contributed by atoms with E-state index in [1.165, 1.54) is 14.2 Å². The van der Waals surface area contributed by atoms with Crippen molar-refractivity contribution in [2.24, 2.45) is 0 Å². The molecule has 0 aliphatic rings. The summed E-state index contributed by atoms with van der Waals surface area (Å²) in [6, 6.07) is 6.73. The number of carbonyl (C=O) groups is 3. The molecule has 114 valence electrons. The van der Waals surface area contributed by atoms with Gasteiger partial charge in [0.15, 0.2) is 0 Å². The molecule has 0 aromatic heterocycles. The minimum absolute atomic E-state index is 0.0468. The number of ether oxygens (including phenoxy) is 2. The van der Waals surface area contributed by atoms with Crippen LogP contribution in [0.4, 0.5) is 0 Å². The third kappa shape index (κ3) is 5.83. The Morgan fingerprint density at radius 2 is 1.48 bits per heavy atom. The number of esters is 2. The van der Waals surface area contributed by atoms with Crippen molar-refractivity contribution in [1.82, 2.24) is 4.90 Å². The Kier molecular flexibility index (Phi) is 6.68. The number of nitrogens with zero attached hydrogens (tertiary/aromatic N) is 1. The molecule has 1 aromatic carbocycles. The van der Waals surface area contributed by atoms with E-state index in [0.29, 0.717) is 5.02 Å². The first kappa shape index (κ1) is 17.0. The summed E-state index contributed by atoms with van der Waals surface area (Å²) in [7, 11) is 2.42. The molecule has 0 heterocycles. The summed E-state index contributed by atoms with van der Waals surface area (Å²) in [6.45, 7) is -0.615. The number of hydrogen-bond donors (Lipinski definition) is 0. The lowest BCUT2D eigenvalue weighted by Crippen LogP contribution is -2.41. The number of hydrogen-bond acceptors (Lipinski definition) is 5. The Bertz CT molecular complexity index is 497. The Morgan fingerprint density at radius 3 is 1.90 bits per heavy atom. The Hall–Kier alpha value is -2.08. The van der Waals surface area contributed by atoms with Crippen molar-refractivity contribution in [1.29, 1.82) is 0 Å². The third-order valence-corrected chi connectivity index (χ3v) is 2.97. The van der Waals surface area contributed by atoms with Gasteiger partial charge in [0.2, 0.25) is 5.91 Å². The molecule has 0 radical (unpaired) electrons. The molecule has 0 atom stereocenters. The number of rotatable bonds is 6. The van der Waals surface area contributed by atoms with Crippen LogP contribution in [0.1, 0.15) is 5.56 Å². The summed E-state index contributed by atoms with van der Waals surface area (Å²) in [4.78, 5) is 35.9. The van der Waals surface area contributed by atoms with Crippen LogP contribution in [-0.2, 0) is 30.3 Å².